The summed E-state index contributed by atoms with van der Waals surface area (Å²) in [6.45, 7) is 0. The van der Waals surface area contributed by atoms with Gasteiger partial charge in [-0.1, -0.05) is 0 Å². The predicted molar refractivity (Wildman–Crippen MR) is 89.8 cm³/mol. The molecule has 2 aromatic rings. The molecule has 0 spiro atoms. The van der Waals surface area contributed by atoms with Gasteiger partial charge in [-0.05, 0) is 64.6 Å². The van der Waals surface area contributed by atoms with Crippen molar-refractivity contribution in [3.8, 4) is 5.88 Å². The van der Waals surface area contributed by atoms with Crippen LogP contribution < -0.4 is 4.74 Å². The van der Waals surface area contributed by atoms with Crippen molar-refractivity contribution in [2.45, 2.75) is 57.1 Å². The van der Waals surface area contributed by atoms with Crippen molar-refractivity contribution in [2.75, 3.05) is 14.1 Å². The minimum atomic E-state index is 0.311. The number of hydrogen-bond acceptors (Lipinski definition) is 5. The third-order valence-corrected chi connectivity index (χ3v) is 6.32. The Morgan fingerprint density at radius 2 is 1.95 bits per heavy atom. The van der Waals surface area contributed by atoms with Gasteiger partial charge in [0.1, 0.15) is 17.3 Å². The smallest absolute Gasteiger partial charge is 0.225 e. The molecule has 0 amide bonds. The minimum Gasteiger partial charge on any atom is -0.474 e. The average molecular weight is 317 g/mol. The van der Waals surface area contributed by atoms with Crippen LogP contribution in [-0.4, -0.2) is 41.1 Å². The normalized spacial score (nSPS) is 24.9. The Morgan fingerprint density at radius 1 is 1.14 bits per heavy atom. The van der Waals surface area contributed by atoms with Crippen LogP contribution in [0.4, 0.5) is 0 Å². The zero-order valence-corrected chi connectivity index (χ0v) is 14.2. The Hall–Kier alpha value is -1.20. The van der Waals surface area contributed by atoms with E-state index in [0.717, 1.165) is 30.0 Å². The highest BCUT2D eigenvalue weighted by Gasteiger charge is 2.26. The highest BCUT2D eigenvalue weighted by molar-refractivity contribution is 7.18. The summed E-state index contributed by atoms with van der Waals surface area (Å²) in [4.78, 5) is 13.9. The van der Waals surface area contributed by atoms with Gasteiger partial charge in [0.15, 0.2) is 0 Å². The number of nitrogens with zero attached hydrogens (tertiary/aromatic N) is 3. The van der Waals surface area contributed by atoms with Gasteiger partial charge in [0, 0.05) is 10.9 Å². The van der Waals surface area contributed by atoms with E-state index in [0.29, 0.717) is 12.1 Å². The van der Waals surface area contributed by atoms with Gasteiger partial charge >= 0.3 is 0 Å². The van der Waals surface area contributed by atoms with Crippen LogP contribution in [-0.2, 0) is 12.8 Å². The van der Waals surface area contributed by atoms with Crippen molar-refractivity contribution in [2.24, 2.45) is 0 Å². The number of thiophene rings is 1. The number of fused-ring (bicyclic) bond motifs is 3. The van der Waals surface area contributed by atoms with Gasteiger partial charge in [0.25, 0.3) is 0 Å². The van der Waals surface area contributed by atoms with Gasteiger partial charge in [-0.3, -0.25) is 0 Å². The second-order valence-electron chi connectivity index (χ2n) is 6.73. The molecule has 2 aliphatic carbocycles. The molecule has 0 aromatic carbocycles. The molecule has 2 aliphatic rings. The third-order valence-electron chi connectivity index (χ3n) is 5.12. The third kappa shape index (κ3) is 2.50. The van der Waals surface area contributed by atoms with Crippen LogP contribution in [0.2, 0.25) is 0 Å². The topological polar surface area (TPSA) is 38.2 Å². The van der Waals surface area contributed by atoms with Gasteiger partial charge in [-0.15, -0.1) is 11.3 Å². The number of aromatic nitrogens is 2. The highest BCUT2D eigenvalue weighted by atomic mass is 32.1. The molecule has 2 heterocycles. The second-order valence-corrected chi connectivity index (χ2v) is 7.81. The lowest BCUT2D eigenvalue weighted by Crippen LogP contribution is -2.35. The van der Waals surface area contributed by atoms with E-state index in [-0.39, 0.29) is 0 Å². The van der Waals surface area contributed by atoms with Gasteiger partial charge in [0.05, 0.1) is 5.39 Å². The molecule has 4 nitrogen and oxygen atoms in total. The summed E-state index contributed by atoms with van der Waals surface area (Å²) < 4.78 is 6.32. The van der Waals surface area contributed by atoms with E-state index in [2.05, 4.69) is 29.0 Å². The van der Waals surface area contributed by atoms with E-state index in [1.807, 2.05) is 11.3 Å². The summed E-state index contributed by atoms with van der Waals surface area (Å²) in [6.07, 6.45) is 10.3. The number of aryl methyl sites for hydroxylation is 2. The van der Waals surface area contributed by atoms with E-state index >= 15 is 0 Å². The molecule has 0 unspecified atom stereocenters. The fraction of sp³-hybridized carbons (Fsp3) is 0.647. The maximum absolute atomic E-state index is 6.32. The molecule has 0 saturated heterocycles. The van der Waals surface area contributed by atoms with Crippen molar-refractivity contribution in [3.63, 3.8) is 0 Å². The Labute approximate surface area is 135 Å². The lowest BCUT2D eigenvalue weighted by Gasteiger charge is -2.32. The van der Waals surface area contributed by atoms with E-state index in [1.165, 1.54) is 41.5 Å². The Morgan fingerprint density at radius 3 is 2.73 bits per heavy atom. The van der Waals surface area contributed by atoms with E-state index in [4.69, 9.17) is 4.74 Å². The van der Waals surface area contributed by atoms with E-state index < -0.39 is 0 Å². The number of rotatable bonds is 3. The van der Waals surface area contributed by atoms with Crippen LogP contribution in [0.3, 0.4) is 0 Å². The molecule has 0 radical (unpaired) electrons. The van der Waals surface area contributed by atoms with Crippen LogP contribution in [0.15, 0.2) is 6.33 Å². The van der Waals surface area contributed by atoms with E-state index in [1.54, 1.807) is 6.33 Å². The summed E-state index contributed by atoms with van der Waals surface area (Å²) in [5.41, 5.74) is 1.46. The Bertz CT molecular complexity index is 674. The summed E-state index contributed by atoms with van der Waals surface area (Å²) in [6, 6.07) is 0.704. The van der Waals surface area contributed by atoms with Crippen molar-refractivity contribution in [3.05, 3.63) is 16.8 Å². The highest BCUT2D eigenvalue weighted by Crippen LogP contribution is 2.40. The molecule has 5 heteroatoms. The first-order chi connectivity index (χ1) is 10.7. The van der Waals surface area contributed by atoms with Crippen LogP contribution in [0.5, 0.6) is 5.88 Å². The first-order valence-corrected chi connectivity index (χ1v) is 9.12. The molecule has 0 bridgehead atoms. The molecule has 1 saturated carbocycles. The zero-order chi connectivity index (χ0) is 15.1. The lowest BCUT2D eigenvalue weighted by atomic mass is 9.92. The SMILES string of the molecule is CN(C)C1CCC(Oc2ncnc3sc4c(c23)CCC4)CC1. The first kappa shape index (κ1) is 14.4. The fourth-order valence-electron chi connectivity index (χ4n) is 3.83. The fourth-order valence-corrected chi connectivity index (χ4v) is 5.05. The maximum Gasteiger partial charge on any atom is 0.225 e. The lowest BCUT2D eigenvalue weighted by molar-refractivity contribution is 0.108. The Kier molecular flexibility index (Phi) is 3.78. The van der Waals surface area contributed by atoms with Crippen molar-refractivity contribution in [1.29, 1.82) is 0 Å². The van der Waals surface area contributed by atoms with Crippen molar-refractivity contribution >= 4 is 21.6 Å². The maximum atomic E-state index is 6.32. The first-order valence-electron chi connectivity index (χ1n) is 8.30. The molecule has 0 N–H and O–H groups in total. The number of hydrogen-bond donors (Lipinski definition) is 0. The molecule has 4 rings (SSSR count). The molecule has 118 valence electrons. The Balaban J connectivity index is 1.55. The number of ether oxygens (including phenoxy) is 1. The molecular formula is C17H23N3OS. The standard InChI is InChI=1S/C17H23N3OS/c1-20(2)11-6-8-12(9-7-11)21-16-15-13-4-3-5-14(13)22-17(15)19-10-18-16/h10-12H,3-9H2,1-2H3. The average Bonchev–Trinajstić information content (AvgIpc) is 3.08. The minimum absolute atomic E-state index is 0.311. The van der Waals surface area contributed by atoms with Gasteiger partial charge in [-0.2, -0.15) is 0 Å². The van der Waals surface area contributed by atoms with Gasteiger partial charge in [-0.25, -0.2) is 9.97 Å². The zero-order valence-electron chi connectivity index (χ0n) is 13.3. The monoisotopic (exact) mass is 317 g/mol. The molecule has 1 fully saturated rings. The van der Waals surface area contributed by atoms with Crippen molar-refractivity contribution < 1.29 is 4.74 Å². The van der Waals surface area contributed by atoms with Crippen LogP contribution in [0.1, 0.15) is 42.5 Å². The summed E-state index contributed by atoms with van der Waals surface area (Å²) in [5, 5.41) is 1.20. The molecule has 0 aliphatic heterocycles. The quantitative estimate of drug-likeness (QED) is 0.869. The van der Waals surface area contributed by atoms with Crippen LogP contribution in [0.25, 0.3) is 10.2 Å². The summed E-state index contributed by atoms with van der Waals surface area (Å²) in [7, 11) is 4.35. The summed E-state index contributed by atoms with van der Waals surface area (Å²) in [5.74, 6) is 0.831. The van der Waals surface area contributed by atoms with Crippen LogP contribution in [0, 0.1) is 0 Å². The summed E-state index contributed by atoms with van der Waals surface area (Å²) >= 11 is 1.83. The van der Waals surface area contributed by atoms with Crippen LogP contribution >= 0.6 is 11.3 Å². The molecule has 0 atom stereocenters. The molecule has 22 heavy (non-hydrogen) atoms. The molecular weight excluding hydrogens is 294 g/mol. The second kappa shape index (κ2) is 5.78. The van der Waals surface area contributed by atoms with Crippen molar-refractivity contribution in [1.82, 2.24) is 14.9 Å². The van der Waals surface area contributed by atoms with Gasteiger partial charge in [0.2, 0.25) is 5.88 Å². The largest absolute Gasteiger partial charge is 0.474 e. The predicted octanol–water partition coefficient (Wildman–Crippen LogP) is 3.43. The molecule has 2 aromatic heterocycles. The van der Waals surface area contributed by atoms with Gasteiger partial charge < -0.3 is 9.64 Å². The van der Waals surface area contributed by atoms with E-state index in [9.17, 15) is 0 Å².